The number of para-hydroxylation sites is 2. The van der Waals surface area contributed by atoms with Crippen molar-refractivity contribution >= 4 is 34.7 Å². The molecule has 0 aromatic heterocycles. The number of ether oxygens (including phenoxy) is 1. The van der Waals surface area contributed by atoms with Gasteiger partial charge in [-0.3, -0.25) is 25.1 Å². The van der Waals surface area contributed by atoms with Crippen LogP contribution in [-0.4, -0.2) is 34.8 Å². The van der Waals surface area contributed by atoms with E-state index in [9.17, 15) is 19.7 Å². The van der Waals surface area contributed by atoms with Gasteiger partial charge in [-0.15, -0.1) is 0 Å². The molecule has 1 aromatic rings. The second kappa shape index (κ2) is 10.1. The molecule has 0 aliphatic rings. The maximum atomic E-state index is 11.9. The molecule has 0 unspecified atom stereocenters. The van der Waals surface area contributed by atoms with Crippen LogP contribution in [-0.2, 0) is 14.3 Å². The number of nitrogens with one attached hydrogen (secondary N) is 2. The van der Waals surface area contributed by atoms with Crippen molar-refractivity contribution in [2.75, 3.05) is 12.0 Å². The number of esters is 1. The van der Waals surface area contributed by atoms with Crippen LogP contribution in [0.4, 0.5) is 11.4 Å². The van der Waals surface area contributed by atoms with E-state index in [1.165, 1.54) is 31.2 Å². The Bertz CT molecular complexity index is 796. The van der Waals surface area contributed by atoms with Crippen molar-refractivity contribution in [3.63, 3.8) is 0 Å². The SMILES string of the molecule is CCOC(=O)CC(C)=NNC(=O)C(C#N)=NNc1ccccc1[N+](=O)[O-]. The summed E-state index contributed by atoms with van der Waals surface area (Å²) in [4.78, 5) is 33.4. The van der Waals surface area contributed by atoms with Gasteiger partial charge in [0.05, 0.1) is 18.0 Å². The fourth-order valence-corrected chi connectivity index (χ4v) is 1.63. The van der Waals surface area contributed by atoms with Crippen LogP contribution in [0.5, 0.6) is 0 Å². The molecule has 0 radical (unpaired) electrons. The van der Waals surface area contributed by atoms with Crippen LogP contribution < -0.4 is 10.9 Å². The van der Waals surface area contributed by atoms with Crippen LogP contribution in [0.1, 0.15) is 20.3 Å². The lowest BCUT2D eigenvalue weighted by atomic mass is 10.3. The highest BCUT2D eigenvalue weighted by Crippen LogP contribution is 2.22. The number of nitrogens with zero attached hydrogens (tertiary/aromatic N) is 4. The number of carbonyl (C=O) groups excluding carboxylic acids is 2. The lowest BCUT2D eigenvalue weighted by Crippen LogP contribution is -2.28. The Labute approximate surface area is 148 Å². The van der Waals surface area contributed by atoms with Crippen LogP contribution in [0, 0.1) is 21.4 Å². The summed E-state index contributed by atoms with van der Waals surface area (Å²) in [5.41, 5.74) is 3.78. The van der Waals surface area contributed by atoms with Crippen molar-refractivity contribution in [1.82, 2.24) is 5.43 Å². The Morgan fingerprint density at radius 3 is 2.65 bits per heavy atom. The third kappa shape index (κ3) is 6.36. The molecule has 0 saturated heterocycles. The molecule has 0 spiro atoms. The highest BCUT2D eigenvalue weighted by atomic mass is 16.6. The molecule has 1 amide bonds. The number of carbonyl (C=O) groups is 2. The predicted molar refractivity (Wildman–Crippen MR) is 92.3 cm³/mol. The van der Waals surface area contributed by atoms with Crippen molar-refractivity contribution in [2.45, 2.75) is 20.3 Å². The van der Waals surface area contributed by atoms with Crippen LogP contribution in [0.2, 0.25) is 0 Å². The third-order valence-corrected chi connectivity index (χ3v) is 2.76. The normalized spacial score (nSPS) is 11.3. The second-order valence-electron chi connectivity index (χ2n) is 4.73. The van der Waals surface area contributed by atoms with E-state index in [2.05, 4.69) is 21.1 Å². The number of nitro benzene ring substituents is 1. The van der Waals surface area contributed by atoms with Gasteiger partial charge in [-0.05, 0) is 19.9 Å². The third-order valence-electron chi connectivity index (χ3n) is 2.76. The van der Waals surface area contributed by atoms with Gasteiger partial charge in [0.2, 0.25) is 5.71 Å². The lowest BCUT2D eigenvalue weighted by Gasteiger charge is -2.03. The summed E-state index contributed by atoms with van der Waals surface area (Å²) in [7, 11) is 0. The highest BCUT2D eigenvalue weighted by molar-refractivity contribution is 6.45. The molecule has 136 valence electrons. The van der Waals surface area contributed by atoms with E-state index in [-0.39, 0.29) is 30.1 Å². The van der Waals surface area contributed by atoms with Crippen molar-refractivity contribution in [1.29, 1.82) is 5.26 Å². The minimum atomic E-state index is -0.943. The molecule has 2 N–H and O–H groups in total. The maximum Gasteiger partial charge on any atom is 0.311 e. The molecule has 26 heavy (non-hydrogen) atoms. The summed E-state index contributed by atoms with van der Waals surface area (Å²) < 4.78 is 4.73. The monoisotopic (exact) mass is 360 g/mol. The molecule has 1 rings (SSSR count). The first-order chi connectivity index (χ1) is 12.4. The summed E-state index contributed by atoms with van der Waals surface area (Å²) in [6, 6.07) is 7.16. The average molecular weight is 360 g/mol. The molecule has 0 aliphatic carbocycles. The first-order valence-electron chi connectivity index (χ1n) is 7.35. The topological polar surface area (TPSA) is 159 Å². The summed E-state index contributed by atoms with van der Waals surface area (Å²) in [5.74, 6) is -1.45. The van der Waals surface area contributed by atoms with Gasteiger partial charge in [-0.25, -0.2) is 5.43 Å². The number of nitro groups is 1. The molecule has 11 heteroatoms. The van der Waals surface area contributed by atoms with E-state index >= 15 is 0 Å². The van der Waals surface area contributed by atoms with Gasteiger partial charge < -0.3 is 4.74 Å². The zero-order chi connectivity index (χ0) is 19.5. The number of amides is 1. The zero-order valence-electron chi connectivity index (χ0n) is 14.1. The summed E-state index contributed by atoms with van der Waals surface area (Å²) in [6.45, 7) is 3.37. The first kappa shape index (κ1) is 20.2. The number of nitriles is 1. The second-order valence-corrected chi connectivity index (χ2v) is 4.73. The number of hydrogen-bond acceptors (Lipinski definition) is 9. The quantitative estimate of drug-likeness (QED) is 0.306. The van der Waals surface area contributed by atoms with Crippen molar-refractivity contribution in [2.24, 2.45) is 10.2 Å². The van der Waals surface area contributed by atoms with Gasteiger partial charge in [0.1, 0.15) is 11.8 Å². The smallest absolute Gasteiger partial charge is 0.311 e. The van der Waals surface area contributed by atoms with E-state index in [1.54, 1.807) is 13.0 Å². The van der Waals surface area contributed by atoms with E-state index < -0.39 is 22.5 Å². The number of hydrogen-bond donors (Lipinski definition) is 2. The maximum absolute atomic E-state index is 11.9. The van der Waals surface area contributed by atoms with Crippen molar-refractivity contribution in [3.05, 3.63) is 34.4 Å². The fraction of sp³-hybridized carbons (Fsp3) is 0.267. The molecular weight excluding hydrogens is 344 g/mol. The molecule has 0 bridgehead atoms. The van der Waals surface area contributed by atoms with E-state index in [4.69, 9.17) is 10.00 Å². The minimum absolute atomic E-state index is 0.0139. The lowest BCUT2D eigenvalue weighted by molar-refractivity contribution is -0.384. The van der Waals surface area contributed by atoms with E-state index in [1.807, 2.05) is 0 Å². The Kier molecular flexibility index (Phi) is 7.89. The molecule has 11 nitrogen and oxygen atoms in total. The Morgan fingerprint density at radius 1 is 1.35 bits per heavy atom. The van der Waals surface area contributed by atoms with Gasteiger partial charge in [0, 0.05) is 11.8 Å². The molecule has 0 saturated carbocycles. The summed E-state index contributed by atoms with van der Waals surface area (Å²) in [6.07, 6.45) is -0.123. The summed E-state index contributed by atoms with van der Waals surface area (Å²) in [5, 5.41) is 27.1. The molecule has 0 fully saturated rings. The number of rotatable bonds is 8. The van der Waals surface area contributed by atoms with Gasteiger partial charge in [-0.2, -0.15) is 15.5 Å². The van der Waals surface area contributed by atoms with Crippen LogP contribution in [0.15, 0.2) is 34.5 Å². The minimum Gasteiger partial charge on any atom is -0.466 e. The predicted octanol–water partition coefficient (Wildman–Crippen LogP) is 1.33. The van der Waals surface area contributed by atoms with E-state index in [0.717, 1.165) is 0 Å². The highest BCUT2D eigenvalue weighted by Gasteiger charge is 2.14. The molecule has 0 atom stereocenters. The molecule has 1 aromatic carbocycles. The fourth-order valence-electron chi connectivity index (χ4n) is 1.63. The zero-order valence-corrected chi connectivity index (χ0v) is 14.1. The van der Waals surface area contributed by atoms with Gasteiger partial charge in [0.25, 0.3) is 5.69 Å². The largest absolute Gasteiger partial charge is 0.466 e. The van der Waals surface area contributed by atoms with Crippen LogP contribution in [0.25, 0.3) is 0 Å². The number of benzene rings is 1. The standard InChI is InChI=1S/C15H16N6O5/c1-3-26-14(22)8-10(2)17-20-15(23)12(9-16)19-18-11-6-4-5-7-13(11)21(24)25/h4-7,18H,3,8H2,1-2H3,(H,20,23). The summed E-state index contributed by atoms with van der Waals surface area (Å²) >= 11 is 0. The van der Waals surface area contributed by atoms with Gasteiger partial charge in [-0.1, -0.05) is 12.1 Å². The van der Waals surface area contributed by atoms with Gasteiger partial charge >= 0.3 is 11.9 Å². The van der Waals surface area contributed by atoms with Crippen molar-refractivity contribution in [3.8, 4) is 6.07 Å². The molecule has 0 heterocycles. The number of anilines is 1. The molecular formula is C15H16N6O5. The first-order valence-corrected chi connectivity index (χ1v) is 7.35. The van der Waals surface area contributed by atoms with Crippen LogP contribution >= 0.6 is 0 Å². The number of hydrazone groups is 2. The van der Waals surface area contributed by atoms with Crippen molar-refractivity contribution < 1.29 is 19.2 Å². The Morgan fingerprint density at radius 2 is 2.04 bits per heavy atom. The van der Waals surface area contributed by atoms with Crippen LogP contribution in [0.3, 0.4) is 0 Å². The average Bonchev–Trinajstić information content (AvgIpc) is 2.60. The molecule has 0 aliphatic heterocycles. The Hall–Kier alpha value is -3.81. The Balaban J connectivity index is 2.78. The van der Waals surface area contributed by atoms with Gasteiger partial charge in [0.15, 0.2) is 0 Å². The van der Waals surface area contributed by atoms with E-state index in [0.29, 0.717) is 0 Å².